The van der Waals surface area contributed by atoms with Crippen molar-refractivity contribution in [2.75, 3.05) is 6.54 Å². The molecule has 0 N–H and O–H groups in total. The highest BCUT2D eigenvalue weighted by Gasteiger charge is 1.83. The van der Waals surface area contributed by atoms with E-state index in [0.717, 1.165) is 18.0 Å². The summed E-state index contributed by atoms with van der Waals surface area (Å²) in [6.07, 6.45) is 1.91. The van der Waals surface area contributed by atoms with Crippen molar-refractivity contribution in [1.29, 1.82) is 0 Å². The Bertz CT molecular complexity index is 166. The van der Waals surface area contributed by atoms with Crippen molar-refractivity contribution in [1.82, 2.24) is 0 Å². The molecule has 0 fully saturated rings. The first-order chi connectivity index (χ1) is 4.70. The zero-order valence-corrected chi connectivity index (χ0v) is 6.89. The maximum absolute atomic E-state index is 4.16. The molecule has 0 bridgehead atoms. The van der Waals surface area contributed by atoms with Gasteiger partial charge in [-0.25, -0.2) is 0 Å². The Balaban J connectivity index is 4.11. The van der Waals surface area contributed by atoms with Gasteiger partial charge in [0.05, 0.1) is 0 Å². The van der Waals surface area contributed by atoms with Gasteiger partial charge in [-0.15, -0.1) is 0 Å². The van der Waals surface area contributed by atoms with Crippen LogP contribution in [0.5, 0.6) is 0 Å². The minimum Gasteiger partial charge on any atom is -0.290 e. The molecule has 0 amide bonds. The van der Waals surface area contributed by atoms with Gasteiger partial charge in [-0.3, -0.25) is 9.98 Å². The van der Waals surface area contributed by atoms with Gasteiger partial charge in [0, 0.05) is 18.0 Å². The number of rotatable bonds is 3. The van der Waals surface area contributed by atoms with Gasteiger partial charge >= 0.3 is 0 Å². The van der Waals surface area contributed by atoms with E-state index < -0.39 is 0 Å². The lowest BCUT2D eigenvalue weighted by atomic mass is 10.3. The molecule has 10 heavy (non-hydrogen) atoms. The molecule has 0 aliphatic heterocycles. The number of nitrogens with zero attached hydrogens (tertiary/aromatic N) is 2. The molecule has 56 valence electrons. The van der Waals surface area contributed by atoms with Crippen LogP contribution >= 0.6 is 0 Å². The first-order valence-corrected chi connectivity index (χ1v) is 3.36. The molecule has 0 aliphatic carbocycles. The predicted octanol–water partition coefficient (Wildman–Crippen LogP) is 2.07. The number of aliphatic imine (C=N–C) groups is 2. The van der Waals surface area contributed by atoms with Gasteiger partial charge < -0.3 is 0 Å². The fourth-order valence-electron chi connectivity index (χ4n) is 0.643. The van der Waals surface area contributed by atoms with E-state index in [4.69, 9.17) is 0 Å². The van der Waals surface area contributed by atoms with Crippen molar-refractivity contribution >= 4 is 12.4 Å². The van der Waals surface area contributed by atoms with Crippen LogP contribution in [0.15, 0.2) is 21.8 Å². The van der Waals surface area contributed by atoms with Crippen LogP contribution in [0, 0.1) is 0 Å². The van der Waals surface area contributed by atoms with E-state index in [0.29, 0.717) is 0 Å². The molecular formula is C8H14N2. The maximum Gasteiger partial charge on any atom is 0.0383 e. The summed E-state index contributed by atoms with van der Waals surface area (Å²) in [4.78, 5) is 7.91. The summed E-state index contributed by atoms with van der Waals surface area (Å²) in [5, 5.41) is 0. The van der Waals surface area contributed by atoms with E-state index in [9.17, 15) is 0 Å². The topological polar surface area (TPSA) is 24.7 Å². The third kappa shape index (κ3) is 4.01. The van der Waals surface area contributed by atoms with Crippen LogP contribution in [0.3, 0.4) is 0 Å². The molecule has 0 spiro atoms. The number of hydrogen-bond acceptors (Lipinski definition) is 2. The van der Waals surface area contributed by atoms with Crippen LogP contribution in [0.4, 0.5) is 0 Å². The highest BCUT2D eigenvalue weighted by molar-refractivity contribution is 5.93. The van der Waals surface area contributed by atoms with Gasteiger partial charge in [0.15, 0.2) is 0 Å². The first-order valence-electron chi connectivity index (χ1n) is 3.36. The molecule has 0 atom stereocenters. The van der Waals surface area contributed by atoms with E-state index in [1.165, 1.54) is 0 Å². The average Bonchev–Trinajstić information content (AvgIpc) is 1.88. The molecule has 0 saturated carbocycles. The van der Waals surface area contributed by atoms with Crippen molar-refractivity contribution in [2.24, 2.45) is 9.98 Å². The van der Waals surface area contributed by atoms with Crippen LogP contribution in [0.25, 0.3) is 0 Å². The lowest BCUT2D eigenvalue weighted by molar-refractivity contribution is 1.13. The minimum absolute atomic E-state index is 0.826. The Kier molecular flexibility index (Phi) is 4.46. The Morgan fingerprint density at radius 1 is 1.50 bits per heavy atom. The molecule has 2 nitrogen and oxygen atoms in total. The Morgan fingerprint density at radius 3 is 2.50 bits per heavy atom. The van der Waals surface area contributed by atoms with Gasteiger partial charge in [0.25, 0.3) is 0 Å². The second kappa shape index (κ2) is 4.91. The molecular weight excluding hydrogens is 124 g/mol. The quantitative estimate of drug-likeness (QED) is 0.533. The predicted molar refractivity (Wildman–Crippen MR) is 47.0 cm³/mol. The normalized spacial score (nSPS) is 13.5. The van der Waals surface area contributed by atoms with Crippen LogP contribution in [0.1, 0.15) is 20.8 Å². The molecule has 0 radical (unpaired) electrons. The van der Waals surface area contributed by atoms with E-state index in [1.54, 1.807) is 0 Å². The summed E-state index contributed by atoms with van der Waals surface area (Å²) in [6, 6.07) is 0. The molecule has 0 aliphatic rings. The lowest BCUT2D eigenvalue weighted by Crippen LogP contribution is -1.86. The van der Waals surface area contributed by atoms with E-state index in [-0.39, 0.29) is 0 Å². The van der Waals surface area contributed by atoms with E-state index in [1.807, 2.05) is 26.8 Å². The number of allylic oxidation sites excluding steroid dienone is 2. The van der Waals surface area contributed by atoms with E-state index >= 15 is 0 Å². The highest BCUT2D eigenvalue weighted by Crippen LogP contribution is 1.93. The van der Waals surface area contributed by atoms with Gasteiger partial charge in [0.2, 0.25) is 0 Å². The fourth-order valence-corrected chi connectivity index (χ4v) is 0.643. The van der Waals surface area contributed by atoms with Crippen molar-refractivity contribution in [2.45, 2.75) is 20.8 Å². The Hall–Kier alpha value is -0.920. The van der Waals surface area contributed by atoms with Gasteiger partial charge in [-0.2, -0.15) is 0 Å². The van der Waals surface area contributed by atoms with Crippen LogP contribution in [0.2, 0.25) is 0 Å². The second-order valence-electron chi connectivity index (χ2n) is 2.06. The zero-order chi connectivity index (χ0) is 7.98. The monoisotopic (exact) mass is 138 g/mol. The molecule has 0 aromatic heterocycles. The van der Waals surface area contributed by atoms with Crippen molar-refractivity contribution in [3.63, 3.8) is 0 Å². The first kappa shape index (κ1) is 9.08. The van der Waals surface area contributed by atoms with Crippen LogP contribution in [-0.4, -0.2) is 19.0 Å². The van der Waals surface area contributed by atoms with Crippen LogP contribution in [-0.2, 0) is 0 Å². The fraction of sp³-hybridized carbons (Fsp3) is 0.500. The highest BCUT2D eigenvalue weighted by atomic mass is 14.7. The SMILES string of the molecule is C=N/C(C)=C\C(C)=NCC. The lowest BCUT2D eigenvalue weighted by Gasteiger charge is -1.91. The third-order valence-corrected chi connectivity index (χ3v) is 1.07. The smallest absolute Gasteiger partial charge is 0.0383 e. The molecule has 2 heteroatoms. The Morgan fingerprint density at radius 2 is 2.10 bits per heavy atom. The molecule has 0 aromatic rings. The van der Waals surface area contributed by atoms with Crippen LogP contribution < -0.4 is 0 Å². The molecule has 0 saturated heterocycles. The van der Waals surface area contributed by atoms with E-state index in [2.05, 4.69) is 16.7 Å². The largest absolute Gasteiger partial charge is 0.290 e. The van der Waals surface area contributed by atoms with Crippen molar-refractivity contribution in [3.05, 3.63) is 11.8 Å². The van der Waals surface area contributed by atoms with Gasteiger partial charge in [-0.05, 0) is 33.6 Å². The molecule has 0 unspecified atom stereocenters. The minimum atomic E-state index is 0.826. The average molecular weight is 138 g/mol. The summed E-state index contributed by atoms with van der Waals surface area (Å²) in [5.41, 5.74) is 1.92. The summed E-state index contributed by atoms with van der Waals surface area (Å²) in [7, 11) is 0. The van der Waals surface area contributed by atoms with Crippen molar-refractivity contribution in [3.8, 4) is 0 Å². The second-order valence-corrected chi connectivity index (χ2v) is 2.06. The molecule has 0 rings (SSSR count). The molecule has 0 heterocycles. The Labute approximate surface area is 62.4 Å². The third-order valence-electron chi connectivity index (χ3n) is 1.07. The standard InChI is InChI=1S/C8H14N2/c1-5-10-8(3)6-7(2)9-4/h6H,4-5H2,1-3H3/b7-6-,10-8?. The summed E-state index contributed by atoms with van der Waals surface area (Å²) in [5.74, 6) is 0. The number of hydrogen-bond donors (Lipinski definition) is 0. The summed E-state index contributed by atoms with van der Waals surface area (Å²) in [6.45, 7) is 10.1. The van der Waals surface area contributed by atoms with Crippen molar-refractivity contribution < 1.29 is 0 Å². The van der Waals surface area contributed by atoms with Gasteiger partial charge in [-0.1, -0.05) is 0 Å². The maximum atomic E-state index is 4.16. The summed E-state index contributed by atoms with van der Waals surface area (Å²) >= 11 is 0. The molecule has 0 aromatic carbocycles. The zero-order valence-electron chi connectivity index (χ0n) is 6.89. The summed E-state index contributed by atoms with van der Waals surface area (Å²) < 4.78 is 0. The van der Waals surface area contributed by atoms with Gasteiger partial charge in [0.1, 0.15) is 0 Å².